The Morgan fingerprint density at radius 3 is 2.36 bits per heavy atom. The molecule has 0 aromatic heterocycles. The number of hydrogen-bond donors (Lipinski definition) is 1. The van der Waals surface area contributed by atoms with Crippen molar-refractivity contribution in [2.75, 3.05) is 5.73 Å². The molecular weight excluding hydrogens is 270 g/mol. The number of nitriles is 2. The van der Waals surface area contributed by atoms with Gasteiger partial charge in [-0.2, -0.15) is 10.5 Å². The van der Waals surface area contributed by atoms with E-state index in [2.05, 4.69) is 19.1 Å². The summed E-state index contributed by atoms with van der Waals surface area (Å²) in [4.78, 5) is 0. The molecule has 0 amide bonds. The summed E-state index contributed by atoms with van der Waals surface area (Å²) >= 11 is 0. The van der Waals surface area contributed by atoms with E-state index in [1.165, 1.54) is 0 Å². The van der Waals surface area contributed by atoms with Gasteiger partial charge in [0.05, 0.1) is 16.8 Å². The number of fused-ring (bicyclic) bond motifs is 1. The fourth-order valence-electron chi connectivity index (χ4n) is 3.38. The molecule has 1 unspecified atom stereocenters. The van der Waals surface area contributed by atoms with Crippen LogP contribution in [0.15, 0.2) is 30.3 Å². The van der Waals surface area contributed by atoms with Crippen LogP contribution >= 0.6 is 0 Å². The average molecular weight is 287 g/mol. The average Bonchev–Trinajstić information content (AvgIpc) is 2.55. The zero-order valence-corrected chi connectivity index (χ0v) is 12.6. The minimum atomic E-state index is 0.331. The van der Waals surface area contributed by atoms with Crippen molar-refractivity contribution >= 4 is 5.69 Å². The minimum absolute atomic E-state index is 0.331. The number of nitrogens with zero attached hydrogens (tertiary/aromatic N) is 2. The molecule has 22 heavy (non-hydrogen) atoms. The third-order valence-corrected chi connectivity index (χ3v) is 4.48. The lowest BCUT2D eigenvalue weighted by Gasteiger charge is -2.27. The van der Waals surface area contributed by atoms with Crippen LogP contribution in [0.4, 0.5) is 5.69 Å². The van der Waals surface area contributed by atoms with Gasteiger partial charge in [0, 0.05) is 5.56 Å². The van der Waals surface area contributed by atoms with Gasteiger partial charge in [0.25, 0.3) is 0 Å². The van der Waals surface area contributed by atoms with Crippen molar-refractivity contribution in [3.8, 4) is 23.3 Å². The Bertz CT molecular complexity index is 808. The van der Waals surface area contributed by atoms with E-state index in [9.17, 15) is 10.5 Å². The smallest absolute Gasteiger partial charge is 0.102 e. The first-order valence-corrected chi connectivity index (χ1v) is 7.50. The largest absolute Gasteiger partial charge is 0.397 e. The Hall–Kier alpha value is -2.78. The topological polar surface area (TPSA) is 73.6 Å². The van der Waals surface area contributed by atoms with Crippen LogP contribution < -0.4 is 5.73 Å². The van der Waals surface area contributed by atoms with Crippen LogP contribution in [0.3, 0.4) is 0 Å². The number of nitrogen functional groups attached to an aromatic ring is 1. The van der Waals surface area contributed by atoms with Crippen molar-refractivity contribution in [2.45, 2.75) is 26.2 Å². The normalized spacial score (nSPS) is 16.4. The van der Waals surface area contributed by atoms with Crippen LogP contribution in [-0.4, -0.2) is 0 Å². The van der Waals surface area contributed by atoms with Crippen LogP contribution in [0, 0.1) is 28.6 Å². The molecule has 0 bridgehead atoms. The van der Waals surface area contributed by atoms with Crippen molar-refractivity contribution < 1.29 is 0 Å². The summed E-state index contributed by atoms with van der Waals surface area (Å²) < 4.78 is 0. The fraction of sp³-hybridized carbons (Fsp3) is 0.263. The monoisotopic (exact) mass is 287 g/mol. The van der Waals surface area contributed by atoms with E-state index in [0.717, 1.165) is 41.5 Å². The highest BCUT2D eigenvalue weighted by Gasteiger charge is 2.27. The first-order valence-electron chi connectivity index (χ1n) is 7.50. The summed E-state index contributed by atoms with van der Waals surface area (Å²) in [5.41, 5.74) is 11.5. The molecule has 1 aliphatic rings. The van der Waals surface area contributed by atoms with Crippen molar-refractivity contribution in [2.24, 2.45) is 5.92 Å². The van der Waals surface area contributed by atoms with Gasteiger partial charge in [-0.25, -0.2) is 0 Å². The molecule has 1 atom stereocenters. The minimum Gasteiger partial charge on any atom is -0.397 e. The SMILES string of the molecule is CC1CCc2c(C#N)c(N)c(C#N)c(-c3ccccc3)c2C1. The lowest BCUT2D eigenvalue weighted by atomic mass is 9.77. The van der Waals surface area contributed by atoms with Crippen molar-refractivity contribution in [1.82, 2.24) is 0 Å². The molecule has 0 saturated carbocycles. The number of rotatable bonds is 1. The Balaban J connectivity index is 2.41. The summed E-state index contributed by atoms with van der Waals surface area (Å²) in [6.07, 6.45) is 2.81. The van der Waals surface area contributed by atoms with Gasteiger partial charge < -0.3 is 5.73 Å². The summed E-state index contributed by atoms with van der Waals surface area (Å²) in [6, 6.07) is 14.3. The zero-order valence-electron chi connectivity index (χ0n) is 12.6. The Kier molecular flexibility index (Phi) is 3.57. The van der Waals surface area contributed by atoms with E-state index < -0.39 is 0 Å². The van der Waals surface area contributed by atoms with Gasteiger partial charge in [0.1, 0.15) is 12.1 Å². The van der Waals surface area contributed by atoms with Gasteiger partial charge >= 0.3 is 0 Å². The summed E-state index contributed by atoms with van der Waals surface area (Å²) in [5, 5.41) is 19.1. The second-order valence-corrected chi connectivity index (χ2v) is 5.93. The van der Waals surface area contributed by atoms with E-state index in [-0.39, 0.29) is 0 Å². The molecule has 2 aromatic rings. The number of anilines is 1. The second-order valence-electron chi connectivity index (χ2n) is 5.93. The summed E-state index contributed by atoms with van der Waals surface area (Å²) in [5.74, 6) is 0.552. The Labute approximate surface area is 130 Å². The lowest BCUT2D eigenvalue weighted by Crippen LogP contribution is -2.17. The summed E-state index contributed by atoms with van der Waals surface area (Å²) in [7, 11) is 0. The number of benzene rings is 2. The van der Waals surface area contributed by atoms with Gasteiger partial charge in [-0.1, -0.05) is 37.3 Å². The lowest BCUT2D eigenvalue weighted by molar-refractivity contribution is 0.501. The predicted molar refractivity (Wildman–Crippen MR) is 86.9 cm³/mol. The number of hydrogen-bond acceptors (Lipinski definition) is 3. The molecule has 3 nitrogen and oxygen atoms in total. The molecule has 0 saturated heterocycles. The Morgan fingerprint density at radius 1 is 1.05 bits per heavy atom. The quantitative estimate of drug-likeness (QED) is 0.811. The van der Waals surface area contributed by atoms with Gasteiger partial charge in [0.2, 0.25) is 0 Å². The maximum Gasteiger partial charge on any atom is 0.102 e. The molecule has 3 heteroatoms. The molecular formula is C19H17N3. The van der Waals surface area contributed by atoms with Crippen molar-refractivity contribution in [3.63, 3.8) is 0 Å². The molecule has 0 aliphatic heterocycles. The molecule has 3 rings (SSSR count). The van der Waals surface area contributed by atoms with E-state index in [1.54, 1.807) is 0 Å². The fourth-order valence-corrected chi connectivity index (χ4v) is 3.38. The molecule has 0 fully saturated rings. The highest BCUT2D eigenvalue weighted by molar-refractivity contribution is 5.85. The standard InChI is InChI=1S/C19H17N3/c1-12-7-8-14-15(9-12)18(13-5-3-2-4-6-13)17(11-21)19(22)16(14)10-20/h2-6,12H,7-9,22H2,1H3. The van der Waals surface area contributed by atoms with E-state index >= 15 is 0 Å². The van der Waals surface area contributed by atoms with Gasteiger partial charge in [0.15, 0.2) is 0 Å². The maximum absolute atomic E-state index is 9.61. The number of nitrogens with two attached hydrogens (primary N) is 1. The van der Waals surface area contributed by atoms with Crippen LogP contribution in [0.1, 0.15) is 35.6 Å². The molecule has 2 aromatic carbocycles. The third kappa shape index (κ3) is 2.12. The summed E-state index contributed by atoms with van der Waals surface area (Å²) in [6.45, 7) is 2.21. The van der Waals surface area contributed by atoms with E-state index in [0.29, 0.717) is 22.7 Å². The molecule has 1 aliphatic carbocycles. The van der Waals surface area contributed by atoms with Crippen LogP contribution in [0.25, 0.3) is 11.1 Å². The predicted octanol–water partition coefficient (Wildman–Crippen LogP) is 3.80. The van der Waals surface area contributed by atoms with Gasteiger partial charge in [-0.15, -0.1) is 0 Å². The molecule has 0 spiro atoms. The van der Waals surface area contributed by atoms with Crippen LogP contribution in [0.5, 0.6) is 0 Å². The van der Waals surface area contributed by atoms with Crippen LogP contribution in [-0.2, 0) is 12.8 Å². The Morgan fingerprint density at radius 2 is 1.73 bits per heavy atom. The van der Waals surface area contributed by atoms with Gasteiger partial charge in [-0.3, -0.25) is 0 Å². The first kappa shape index (κ1) is 14.2. The van der Waals surface area contributed by atoms with E-state index in [1.807, 2.05) is 30.3 Å². The zero-order chi connectivity index (χ0) is 15.7. The third-order valence-electron chi connectivity index (χ3n) is 4.48. The molecule has 2 N–H and O–H groups in total. The van der Waals surface area contributed by atoms with Gasteiger partial charge in [-0.05, 0) is 41.9 Å². The molecule has 0 heterocycles. The second kappa shape index (κ2) is 5.54. The van der Waals surface area contributed by atoms with E-state index in [4.69, 9.17) is 5.73 Å². The highest BCUT2D eigenvalue weighted by Crippen LogP contribution is 2.41. The first-order chi connectivity index (χ1) is 10.7. The maximum atomic E-state index is 9.61. The van der Waals surface area contributed by atoms with Crippen molar-refractivity contribution in [3.05, 3.63) is 52.6 Å². The molecule has 0 radical (unpaired) electrons. The van der Waals surface area contributed by atoms with Crippen LogP contribution in [0.2, 0.25) is 0 Å². The highest BCUT2D eigenvalue weighted by atomic mass is 14.6. The van der Waals surface area contributed by atoms with Crippen molar-refractivity contribution in [1.29, 1.82) is 10.5 Å². The molecule has 108 valence electrons.